The Morgan fingerprint density at radius 2 is 2.10 bits per heavy atom. The lowest BCUT2D eigenvalue weighted by Crippen LogP contribution is -2.37. The summed E-state index contributed by atoms with van der Waals surface area (Å²) in [5.41, 5.74) is 7.38. The van der Waals surface area contributed by atoms with Gasteiger partial charge in [-0.15, -0.1) is 0 Å². The fraction of sp³-hybridized carbons (Fsp3) is 0.391. The Balaban J connectivity index is 1.89. The van der Waals surface area contributed by atoms with Crippen LogP contribution in [0.2, 0.25) is 0 Å². The Kier molecular flexibility index (Phi) is 7.64. The fourth-order valence-corrected chi connectivity index (χ4v) is 4.11. The van der Waals surface area contributed by atoms with E-state index in [1.54, 1.807) is 17.0 Å². The molecule has 0 spiro atoms. The highest BCUT2D eigenvalue weighted by atomic mass is 79.9. The first-order valence-electron chi connectivity index (χ1n) is 10.4. The van der Waals surface area contributed by atoms with Crippen LogP contribution in [0.5, 0.6) is 0 Å². The predicted molar refractivity (Wildman–Crippen MR) is 122 cm³/mol. The molecule has 3 N–H and O–H groups in total. The number of nitrogens with two attached hydrogens (primary N) is 1. The molecule has 2 aromatic rings. The van der Waals surface area contributed by atoms with Crippen molar-refractivity contribution in [3.05, 3.63) is 46.1 Å². The van der Waals surface area contributed by atoms with Crippen molar-refractivity contribution in [2.24, 2.45) is 11.7 Å². The fourth-order valence-electron chi connectivity index (χ4n) is 3.71. The minimum atomic E-state index is -0.421. The molecule has 1 aliphatic rings. The quantitative estimate of drug-likeness (QED) is 0.460. The maximum atomic E-state index is 12.8. The molecular formula is C23H26BrN5O2. The molecule has 0 bridgehead atoms. The first-order valence-corrected chi connectivity index (χ1v) is 11.2. The Labute approximate surface area is 190 Å². The van der Waals surface area contributed by atoms with E-state index in [9.17, 15) is 14.9 Å². The zero-order valence-electron chi connectivity index (χ0n) is 17.5. The normalized spacial score (nSPS) is 18.9. The predicted octanol–water partition coefficient (Wildman–Crippen LogP) is 3.79. The lowest BCUT2D eigenvalue weighted by Gasteiger charge is -2.26. The molecule has 0 unspecified atom stereocenters. The molecule has 162 valence electrons. The number of nitrogens with one attached hydrogen (secondary N) is 1. The van der Waals surface area contributed by atoms with Crippen LogP contribution in [0.4, 0.5) is 0 Å². The average molecular weight is 484 g/mol. The van der Waals surface area contributed by atoms with E-state index in [4.69, 9.17) is 5.73 Å². The van der Waals surface area contributed by atoms with Gasteiger partial charge in [-0.3, -0.25) is 14.3 Å². The van der Waals surface area contributed by atoms with Crippen molar-refractivity contribution in [1.82, 2.24) is 15.1 Å². The van der Waals surface area contributed by atoms with Crippen molar-refractivity contribution in [3.63, 3.8) is 0 Å². The van der Waals surface area contributed by atoms with Gasteiger partial charge in [-0.1, -0.05) is 35.0 Å². The summed E-state index contributed by atoms with van der Waals surface area (Å²) in [6.45, 7) is 2.54. The molecule has 8 heteroatoms. The highest BCUT2D eigenvalue weighted by Crippen LogP contribution is 2.27. The number of primary amides is 1. The zero-order valence-corrected chi connectivity index (χ0v) is 19.1. The van der Waals surface area contributed by atoms with E-state index in [0.29, 0.717) is 23.7 Å². The maximum Gasteiger partial charge on any atom is 0.262 e. The molecule has 31 heavy (non-hydrogen) atoms. The van der Waals surface area contributed by atoms with Crippen LogP contribution in [0.15, 0.2) is 40.5 Å². The number of carbonyl (C=O) groups is 2. The highest BCUT2D eigenvalue weighted by Gasteiger charge is 2.22. The van der Waals surface area contributed by atoms with Crippen LogP contribution in [0.25, 0.3) is 17.3 Å². The summed E-state index contributed by atoms with van der Waals surface area (Å²) >= 11 is 3.46. The first-order chi connectivity index (χ1) is 14.9. The Morgan fingerprint density at radius 3 is 2.74 bits per heavy atom. The molecular weight excluding hydrogens is 458 g/mol. The third kappa shape index (κ3) is 6.28. The Hall–Kier alpha value is -2.92. The van der Waals surface area contributed by atoms with E-state index < -0.39 is 5.91 Å². The number of nitrogens with zero attached hydrogens (tertiary/aromatic N) is 3. The molecule has 0 aliphatic heterocycles. The summed E-state index contributed by atoms with van der Waals surface area (Å²) in [6, 6.07) is 9.73. The number of rotatable bonds is 7. The van der Waals surface area contributed by atoms with Crippen LogP contribution < -0.4 is 11.1 Å². The lowest BCUT2D eigenvalue weighted by atomic mass is 9.87. The maximum absolute atomic E-state index is 12.8. The number of carbonyl (C=O) groups excluding carboxylic acids is 2. The summed E-state index contributed by atoms with van der Waals surface area (Å²) in [5, 5.41) is 17.2. The van der Waals surface area contributed by atoms with Gasteiger partial charge in [-0.25, -0.2) is 0 Å². The van der Waals surface area contributed by atoms with Gasteiger partial charge < -0.3 is 11.1 Å². The van der Waals surface area contributed by atoms with Gasteiger partial charge in [-0.05, 0) is 49.8 Å². The van der Waals surface area contributed by atoms with E-state index >= 15 is 0 Å². The number of nitriles is 1. The number of hydrogen-bond donors (Lipinski definition) is 2. The number of amides is 2. The van der Waals surface area contributed by atoms with Crippen molar-refractivity contribution in [2.45, 2.75) is 51.6 Å². The van der Waals surface area contributed by atoms with Gasteiger partial charge >= 0.3 is 0 Å². The molecule has 1 aliphatic carbocycles. The smallest absolute Gasteiger partial charge is 0.262 e. The number of benzene rings is 1. The molecule has 0 atom stereocenters. The van der Waals surface area contributed by atoms with Crippen molar-refractivity contribution in [1.29, 1.82) is 5.26 Å². The van der Waals surface area contributed by atoms with Crippen LogP contribution >= 0.6 is 15.9 Å². The number of halogens is 1. The van der Waals surface area contributed by atoms with Crippen LogP contribution in [-0.2, 0) is 16.1 Å². The molecule has 1 saturated carbocycles. The van der Waals surface area contributed by atoms with Gasteiger partial charge in [0.1, 0.15) is 11.6 Å². The van der Waals surface area contributed by atoms with Gasteiger partial charge in [0, 0.05) is 40.8 Å². The van der Waals surface area contributed by atoms with E-state index in [-0.39, 0.29) is 23.9 Å². The molecule has 7 nitrogen and oxygen atoms in total. The second-order valence-corrected chi connectivity index (χ2v) is 8.94. The molecule has 0 saturated heterocycles. The Bertz CT molecular complexity index is 1030. The average Bonchev–Trinajstić information content (AvgIpc) is 3.15. The highest BCUT2D eigenvalue weighted by molar-refractivity contribution is 9.10. The lowest BCUT2D eigenvalue weighted by molar-refractivity contribution is -0.119. The van der Waals surface area contributed by atoms with E-state index in [0.717, 1.165) is 35.7 Å². The van der Waals surface area contributed by atoms with Gasteiger partial charge in [0.05, 0.1) is 5.69 Å². The summed E-state index contributed by atoms with van der Waals surface area (Å²) in [6.07, 6.45) is 7.46. The van der Waals surface area contributed by atoms with Crippen LogP contribution in [0, 0.1) is 17.2 Å². The minimum absolute atomic E-state index is 0.0318. The van der Waals surface area contributed by atoms with Gasteiger partial charge in [-0.2, -0.15) is 10.4 Å². The number of aromatic nitrogens is 2. The van der Waals surface area contributed by atoms with Crippen molar-refractivity contribution >= 4 is 33.8 Å². The van der Waals surface area contributed by atoms with Crippen molar-refractivity contribution in [3.8, 4) is 17.3 Å². The zero-order chi connectivity index (χ0) is 22.4. The van der Waals surface area contributed by atoms with E-state index in [1.807, 2.05) is 30.3 Å². The monoisotopic (exact) mass is 483 g/mol. The molecule has 1 aromatic carbocycles. The summed E-state index contributed by atoms with van der Waals surface area (Å²) < 4.78 is 2.50. The third-order valence-corrected chi connectivity index (χ3v) is 5.98. The largest absolute Gasteiger partial charge is 0.370 e. The van der Waals surface area contributed by atoms with Gasteiger partial charge in [0.2, 0.25) is 5.91 Å². The van der Waals surface area contributed by atoms with Crippen LogP contribution in [0.3, 0.4) is 0 Å². The molecule has 3 rings (SSSR count). The number of hydrogen-bond acceptors (Lipinski definition) is 4. The van der Waals surface area contributed by atoms with Crippen molar-refractivity contribution < 1.29 is 9.59 Å². The second-order valence-electron chi connectivity index (χ2n) is 8.02. The first kappa shape index (κ1) is 22.8. The third-order valence-electron chi connectivity index (χ3n) is 5.49. The molecule has 1 fully saturated rings. The summed E-state index contributed by atoms with van der Waals surface area (Å²) in [5.74, 6) is -0.110. The summed E-state index contributed by atoms with van der Waals surface area (Å²) in [7, 11) is 0. The Morgan fingerprint density at radius 1 is 1.35 bits per heavy atom. The van der Waals surface area contributed by atoms with Gasteiger partial charge in [0.15, 0.2) is 0 Å². The molecule has 1 heterocycles. The topological polar surface area (TPSA) is 114 Å². The molecule has 2 amide bonds. The van der Waals surface area contributed by atoms with Gasteiger partial charge in [0.25, 0.3) is 5.91 Å². The minimum Gasteiger partial charge on any atom is -0.370 e. The molecule has 1 aromatic heterocycles. The van der Waals surface area contributed by atoms with Crippen molar-refractivity contribution in [2.75, 3.05) is 0 Å². The van der Waals surface area contributed by atoms with Crippen LogP contribution in [0.1, 0.15) is 44.6 Å². The summed E-state index contributed by atoms with van der Waals surface area (Å²) in [4.78, 5) is 23.9. The van der Waals surface area contributed by atoms with E-state index in [2.05, 4.69) is 33.3 Å². The molecule has 0 radical (unpaired) electrons. The number of aryl methyl sites for hydroxylation is 1. The standard InChI is InChI=1S/C23H26BrN5O2/c1-15-5-7-20(8-6-15)27-23(31)17(13-25)11-18-14-29(10-9-21(26)30)28-22(18)16-3-2-4-19(24)12-16/h2-4,11-12,14-15,20H,5-10H2,1H3,(H2,26,30)(H,27,31). The van der Waals surface area contributed by atoms with Crippen LogP contribution in [-0.4, -0.2) is 27.6 Å². The second kappa shape index (κ2) is 10.4. The SMILES string of the molecule is CC1CCC(NC(=O)C(C#N)=Cc2cn(CCC(N)=O)nc2-c2cccc(Br)c2)CC1. The van der Waals surface area contributed by atoms with E-state index in [1.165, 1.54) is 0 Å².